The molecule has 1 heterocycles. The quantitative estimate of drug-likeness (QED) is 0.930. The minimum absolute atomic E-state index is 0.0192. The number of carbonyl (C=O) groups is 2. The van der Waals surface area contributed by atoms with E-state index in [-0.39, 0.29) is 23.7 Å². The molecule has 6 heteroatoms. The number of amides is 2. The van der Waals surface area contributed by atoms with Gasteiger partial charge in [0, 0.05) is 17.3 Å². The van der Waals surface area contributed by atoms with Crippen molar-refractivity contribution in [2.24, 2.45) is 0 Å². The van der Waals surface area contributed by atoms with Gasteiger partial charge < -0.3 is 10.2 Å². The maximum atomic E-state index is 11.9. The highest BCUT2D eigenvalue weighted by atomic mass is 35.5. The van der Waals surface area contributed by atoms with Gasteiger partial charge in [-0.1, -0.05) is 35.5 Å². The second kappa shape index (κ2) is 6.30. The second-order valence-electron chi connectivity index (χ2n) is 4.38. The fourth-order valence-electron chi connectivity index (χ4n) is 1.86. The molecule has 102 valence electrons. The minimum Gasteiger partial charge on any atom is -0.348 e. The van der Waals surface area contributed by atoms with Crippen molar-refractivity contribution in [3.05, 3.63) is 34.9 Å². The molecule has 1 aromatic carbocycles. The van der Waals surface area contributed by atoms with Gasteiger partial charge in [-0.2, -0.15) is 0 Å². The van der Waals surface area contributed by atoms with Gasteiger partial charge in [0.15, 0.2) is 0 Å². The molecule has 2 amide bonds. The average Bonchev–Trinajstić information content (AvgIpc) is 2.75. The second-order valence-corrected chi connectivity index (χ2v) is 5.86. The molecule has 1 aromatic rings. The average molecular weight is 299 g/mol. The predicted octanol–water partition coefficient (Wildman–Crippen LogP) is 2.69. The largest absolute Gasteiger partial charge is 0.348 e. The number of carbonyl (C=O) groups excluding carboxylic acids is 2. The van der Waals surface area contributed by atoms with E-state index in [0.717, 1.165) is 11.3 Å². The van der Waals surface area contributed by atoms with Crippen molar-refractivity contribution in [3.8, 4) is 0 Å². The van der Waals surface area contributed by atoms with E-state index in [2.05, 4.69) is 5.32 Å². The Morgan fingerprint density at radius 2 is 2.16 bits per heavy atom. The van der Waals surface area contributed by atoms with Crippen molar-refractivity contribution in [2.75, 3.05) is 18.8 Å². The zero-order valence-electron chi connectivity index (χ0n) is 10.6. The summed E-state index contributed by atoms with van der Waals surface area (Å²) in [6.07, 6.45) is 0. The minimum atomic E-state index is -0.140. The highest BCUT2D eigenvalue weighted by Gasteiger charge is 2.23. The monoisotopic (exact) mass is 298 g/mol. The number of nitrogens with one attached hydrogen (secondary N) is 1. The van der Waals surface area contributed by atoms with Crippen LogP contribution in [0.5, 0.6) is 0 Å². The molecule has 0 radical (unpaired) electrons. The van der Waals surface area contributed by atoms with Crippen LogP contribution >= 0.6 is 23.4 Å². The molecule has 19 heavy (non-hydrogen) atoms. The normalized spacial score (nSPS) is 16.5. The van der Waals surface area contributed by atoms with Gasteiger partial charge in [-0.15, -0.1) is 0 Å². The summed E-state index contributed by atoms with van der Waals surface area (Å²) in [5.41, 5.74) is 0.986. The fourth-order valence-corrected chi connectivity index (χ4v) is 2.82. The summed E-state index contributed by atoms with van der Waals surface area (Å²) in [6, 6.07) is 7.24. The van der Waals surface area contributed by atoms with Crippen LogP contribution in [-0.2, 0) is 4.79 Å². The van der Waals surface area contributed by atoms with Crippen LogP contribution in [0.4, 0.5) is 4.79 Å². The Labute approximate surface area is 121 Å². The molecule has 0 aromatic heterocycles. The van der Waals surface area contributed by atoms with Crippen LogP contribution < -0.4 is 5.32 Å². The third kappa shape index (κ3) is 3.88. The lowest BCUT2D eigenvalue weighted by Crippen LogP contribution is -2.38. The summed E-state index contributed by atoms with van der Waals surface area (Å²) < 4.78 is 0. The summed E-state index contributed by atoms with van der Waals surface area (Å²) in [7, 11) is 0. The smallest absolute Gasteiger partial charge is 0.282 e. The number of nitrogens with zero attached hydrogens (tertiary/aromatic N) is 1. The van der Waals surface area contributed by atoms with Crippen molar-refractivity contribution < 1.29 is 9.59 Å². The first kappa shape index (κ1) is 14.2. The molecule has 0 bridgehead atoms. The number of benzene rings is 1. The maximum absolute atomic E-state index is 11.9. The molecule has 0 unspecified atom stereocenters. The molecular formula is C13H15ClN2O2S. The molecule has 0 spiro atoms. The zero-order chi connectivity index (χ0) is 13.8. The van der Waals surface area contributed by atoms with Crippen LogP contribution in [0.25, 0.3) is 0 Å². The van der Waals surface area contributed by atoms with Gasteiger partial charge in [0.25, 0.3) is 5.24 Å². The molecule has 1 N–H and O–H groups in total. The van der Waals surface area contributed by atoms with E-state index >= 15 is 0 Å². The van der Waals surface area contributed by atoms with Crippen molar-refractivity contribution in [1.29, 1.82) is 0 Å². The first-order valence-electron chi connectivity index (χ1n) is 6.03. The van der Waals surface area contributed by atoms with E-state index in [1.807, 2.05) is 19.1 Å². The first-order chi connectivity index (χ1) is 9.06. The van der Waals surface area contributed by atoms with E-state index < -0.39 is 0 Å². The summed E-state index contributed by atoms with van der Waals surface area (Å²) >= 11 is 7.07. The molecule has 1 atom stereocenters. The standard InChI is InChI=1S/C13H15ClN2O2S/c1-9(10-2-4-11(14)5-3-10)15-12(17)8-16-6-7-19-13(16)18/h2-5,9H,6-8H2,1H3,(H,15,17)/t9-/m0/s1. The van der Waals surface area contributed by atoms with E-state index in [1.54, 1.807) is 17.0 Å². The SMILES string of the molecule is C[C@H](NC(=O)CN1CCSC1=O)c1ccc(Cl)cc1. The fraction of sp³-hybridized carbons (Fsp3) is 0.385. The van der Waals surface area contributed by atoms with Crippen LogP contribution in [0.2, 0.25) is 5.02 Å². The highest BCUT2D eigenvalue weighted by molar-refractivity contribution is 8.13. The molecule has 1 saturated heterocycles. The van der Waals surface area contributed by atoms with Crippen molar-refractivity contribution in [3.63, 3.8) is 0 Å². The van der Waals surface area contributed by atoms with Gasteiger partial charge in [0.2, 0.25) is 5.91 Å². The van der Waals surface area contributed by atoms with Crippen molar-refractivity contribution in [1.82, 2.24) is 10.2 Å². The summed E-state index contributed by atoms with van der Waals surface area (Å²) in [5.74, 6) is 0.622. The molecule has 1 fully saturated rings. The molecular weight excluding hydrogens is 284 g/mol. The lowest BCUT2D eigenvalue weighted by molar-refractivity contribution is -0.122. The predicted molar refractivity (Wildman–Crippen MR) is 77.4 cm³/mol. The van der Waals surface area contributed by atoms with Crippen LogP contribution in [0.3, 0.4) is 0 Å². The van der Waals surface area contributed by atoms with Crippen LogP contribution in [-0.4, -0.2) is 34.9 Å². The van der Waals surface area contributed by atoms with Crippen molar-refractivity contribution in [2.45, 2.75) is 13.0 Å². The van der Waals surface area contributed by atoms with Crippen molar-refractivity contribution >= 4 is 34.5 Å². The Morgan fingerprint density at radius 1 is 1.47 bits per heavy atom. The van der Waals surface area contributed by atoms with E-state index in [1.165, 1.54) is 11.8 Å². The van der Waals surface area contributed by atoms with E-state index in [4.69, 9.17) is 11.6 Å². The Bertz CT molecular complexity index is 478. The molecule has 4 nitrogen and oxygen atoms in total. The zero-order valence-corrected chi connectivity index (χ0v) is 12.1. The lowest BCUT2D eigenvalue weighted by Gasteiger charge is -2.18. The number of halogens is 1. The maximum Gasteiger partial charge on any atom is 0.282 e. The van der Waals surface area contributed by atoms with Gasteiger partial charge >= 0.3 is 0 Å². The molecule has 1 aliphatic heterocycles. The van der Waals surface area contributed by atoms with Gasteiger partial charge in [0.05, 0.1) is 6.04 Å². The van der Waals surface area contributed by atoms with E-state index in [9.17, 15) is 9.59 Å². The number of thioether (sulfide) groups is 1. The Balaban J connectivity index is 1.87. The molecule has 2 rings (SSSR count). The summed E-state index contributed by atoms with van der Waals surface area (Å²) in [5, 5.41) is 3.53. The number of rotatable bonds is 4. The topological polar surface area (TPSA) is 49.4 Å². The lowest BCUT2D eigenvalue weighted by atomic mass is 10.1. The Hall–Kier alpha value is -1.20. The van der Waals surface area contributed by atoms with Crippen LogP contribution in [0.15, 0.2) is 24.3 Å². The van der Waals surface area contributed by atoms with Gasteiger partial charge in [0.1, 0.15) is 6.54 Å². The Kier molecular flexibility index (Phi) is 4.71. The van der Waals surface area contributed by atoms with E-state index in [0.29, 0.717) is 11.6 Å². The number of hydrogen-bond acceptors (Lipinski definition) is 3. The molecule has 1 aliphatic rings. The van der Waals surface area contributed by atoms with Crippen LogP contribution in [0, 0.1) is 0 Å². The van der Waals surface area contributed by atoms with Gasteiger partial charge in [-0.05, 0) is 24.6 Å². The Morgan fingerprint density at radius 3 is 2.74 bits per heavy atom. The van der Waals surface area contributed by atoms with Crippen LogP contribution in [0.1, 0.15) is 18.5 Å². The number of hydrogen-bond donors (Lipinski definition) is 1. The summed E-state index contributed by atoms with van der Waals surface area (Å²) in [6.45, 7) is 2.68. The van der Waals surface area contributed by atoms with Gasteiger partial charge in [-0.3, -0.25) is 9.59 Å². The first-order valence-corrected chi connectivity index (χ1v) is 7.39. The highest BCUT2D eigenvalue weighted by Crippen LogP contribution is 2.18. The molecule has 0 aliphatic carbocycles. The van der Waals surface area contributed by atoms with Gasteiger partial charge in [-0.25, -0.2) is 0 Å². The third-order valence-corrected chi connectivity index (χ3v) is 4.07. The summed E-state index contributed by atoms with van der Waals surface area (Å²) in [4.78, 5) is 24.8. The molecule has 0 saturated carbocycles. The third-order valence-electron chi connectivity index (χ3n) is 2.93.